The number of hydrogen-bond acceptors (Lipinski definition) is 2. The Kier molecular flexibility index (Phi) is 2.97. The molecule has 0 aliphatic carbocycles. The Bertz CT molecular complexity index is 466. The second kappa shape index (κ2) is 4.41. The molecule has 0 bridgehead atoms. The lowest BCUT2D eigenvalue weighted by Crippen LogP contribution is -1.80. The van der Waals surface area contributed by atoms with Gasteiger partial charge in [0.05, 0.1) is 0 Å². The molecule has 0 saturated heterocycles. The highest BCUT2D eigenvalue weighted by Gasteiger charge is 2.03. The number of phenolic OH excluding ortho intramolecular Hbond substituents is 1. The Labute approximate surface area is 93.8 Å². The highest BCUT2D eigenvalue weighted by molar-refractivity contribution is 7.98. The smallest absolute Gasteiger partial charge is 0.116 e. The van der Waals surface area contributed by atoms with Gasteiger partial charge in [0.1, 0.15) is 5.75 Å². The normalized spacial score (nSPS) is 10.2. The topological polar surface area (TPSA) is 20.2 Å². The Morgan fingerprint density at radius 2 is 1.80 bits per heavy atom. The van der Waals surface area contributed by atoms with Gasteiger partial charge < -0.3 is 5.11 Å². The first kappa shape index (κ1) is 10.1. The molecule has 0 spiro atoms. The van der Waals surface area contributed by atoms with Crippen molar-refractivity contribution in [1.82, 2.24) is 0 Å². The maximum atomic E-state index is 9.43. The van der Waals surface area contributed by atoms with E-state index < -0.39 is 0 Å². The van der Waals surface area contributed by atoms with E-state index >= 15 is 0 Å². The second-order valence-electron chi connectivity index (χ2n) is 3.25. The minimum Gasteiger partial charge on any atom is -0.508 e. The molecule has 0 aromatic heterocycles. The Morgan fingerprint density at radius 3 is 2.53 bits per heavy atom. The molecule has 15 heavy (non-hydrogen) atoms. The van der Waals surface area contributed by atoms with Gasteiger partial charge in [-0.2, -0.15) is 0 Å². The fourth-order valence-corrected chi connectivity index (χ4v) is 2.18. The van der Waals surface area contributed by atoms with Crippen molar-refractivity contribution in [1.29, 1.82) is 0 Å². The third-order valence-corrected chi connectivity index (χ3v) is 3.06. The minimum atomic E-state index is 0.309. The predicted octanol–water partition coefficient (Wildman–Crippen LogP) is 3.78. The van der Waals surface area contributed by atoms with E-state index in [1.165, 1.54) is 10.5 Å². The van der Waals surface area contributed by atoms with Gasteiger partial charge in [-0.05, 0) is 35.6 Å². The summed E-state index contributed by atoms with van der Waals surface area (Å²) >= 11 is 1.71. The molecule has 0 fully saturated rings. The Hall–Kier alpha value is -1.41. The molecule has 2 aromatic carbocycles. The van der Waals surface area contributed by atoms with Gasteiger partial charge in [0.15, 0.2) is 0 Å². The molecule has 0 radical (unpaired) electrons. The molecule has 1 nitrogen and oxygen atoms in total. The average Bonchev–Trinajstić information content (AvgIpc) is 2.29. The van der Waals surface area contributed by atoms with Crippen LogP contribution in [0.3, 0.4) is 0 Å². The third kappa shape index (κ3) is 2.16. The van der Waals surface area contributed by atoms with Crippen LogP contribution in [0.2, 0.25) is 0 Å². The SMILES string of the molecule is CSc1ccccc1-c1cccc(O)c1. The molecule has 0 heterocycles. The van der Waals surface area contributed by atoms with Crippen LogP contribution >= 0.6 is 11.8 Å². The van der Waals surface area contributed by atoms with Crippen LogP contribution in [0, 0.1) is 0 Å². The van der Waals surface area contributed by atoms with E-state index in [9.17, 15) is 5.11 Å². The first-order chi connectivity index (χ1) is 7.31. The predicted molar refractivity (Wildman–Crippen MR) is 65.3 cm³/mol. The highest BCUT2D eigenvalue weighted by atomic mass is 32.2. The first-order valence-corrected chi connectivity index (χ1v) is 5.96. The summed E-state index contributed by atoms with van der Waals surface area (Å²) in [6, 6.07) is 15.5. The maximum Gasteiger partial charge on any atom is 0.116 e. The van der Waals surface area contributed by atoms with Crippen molar-refractivity contribution in [3.05, 3.63) is 48.5 Å². The molecule has 2 aromatic rings. The summed E-state index contributed by atoms with van der Waals surface area (Å²) in [5.74, 6) is 0.309. The fourth-order valence-electron chi connectivity index (χ4n) is 1.56. The summed E-state index contributed by atoms with van der Waals surface area (Å²) in [4.78, 5) is 1.23. The highest BCUT2D eigenvalue weighted by Crippen LogP contribution is 2.31. The molecule has 0 atom stereocenters. The van der Waals surface area contributed by atoms with Gasteiger partial charge in [-0.25, -0.2) is 0 Å². The molecule has 2 heteroatoms. The summed E-state index contributed by atoms with van der Waals surface area (Å²) in [5, 5.41) is 9.43. The fraction of sp³-hybridized carbons (Fsp3) is 0.0769. The minimum absolute atomic E-state index is 0.309. The van der Waals surface area contributed by atoms with Gasteiger partial charge in [0, 0.05) is 4.90 Å². The lowest BCUT2D eigenvalue weighted by atomic mass is 10.1. The standard InChI is InChI=1S/C13H12OS/c1-15-13-8-3-2-7-12(13)10-5-4-6-11(14)9-10/h2-9,14H,1H3. The Morgan fingerprint density at radius 1 is 1.00 bits per heavy atom. The van der Waals surface area contributed by atoms with Gasteiger partial charge >= 0.3 is 0 Å². The van der Waals surface area contributed by atoms with Crippen LogP contribution in [-0.2, 0) is 0 Å². The van der Waals surface area contributed by atoms with Crippen LogP contribution < -0.4 is 0 Å². The van der Waals surface area contributed by atoms with Crippen molar-refractivity contribution in [3.63, 3.8) is 0 Å². The lowest BCUT2D eigenvalue weighted by Gasteiger charge is -2.07. The zero-order valence-corrected chi connectivity index (χ0v) is 9.29. The molecule has 2 rings (SSSR count). The van der Waals surface area contributed by atoms with E-state index in [-0.39, 0.29) is 0 Å². The molecule has 1 N–H and O–H groups in total. The Balaban J connectivity index is 2.53. The van der Waals surface area contributed by atoms with E-state index in [2.05, 4.69) is 18.4 Å². The summed E-state index contributed by atoms with van der Waals surface area (Å²) in [6.45, 7) is 0. The zero-order valence-electron chi connectivity index (χ0n) is 8.47. The van der Waals surface area contributed by atoms with Gasteiger partial charge in [-0.1, -0.05) is 30.3 Å². The molecule has 0 saturated carbocycles. The maximum absolute atomic E-state index is 9.43. The monoisotopic (exact) mass is 216 g/mol. The number of hydrogen-bond donors (Lipinski definition) is 1. The molecule has 0 unspecified atom stereocenters. The average molecular weight is 216 g/mol. The number of benzene rings is 2. The third-order valence-electron chi connectivity index (χ3n) is 2.26. The lowest BCUT2D eigenvalue weighted by molar-refractivity contribution is 0.475. The van der Waals surface area contributed by atoms with Crippen LogP contribution in [-0.4, -0.2) is 11.4 Å². The largest absolute Gasteiger partial charge is 0.508 e. The number of thioether (sulfide) groups is 1. The van der Waals surface area contributed by atoms with Crippen molar-refractivity contribution in [2.45, 2.75) is 4.90 Å². The van der Waals surface area contributed by atoms with Crippen molar-refractivity contribution in [3.8, 4) is 16.9 Å². The van der Waals surface area contributed by atoms with Crippen molar-refractivity contribution in [2.24, 2.45) is 0 Å². The van der Waals surface area contributed by atoms with Gasteiger partial charge in [-0.15, -0.1) is 11.8 Å². The van der Waals surface area contributed by atoms with Crippen LogP contribution in [0.5, 0.6) is 5.75 Å². The van der Waals surface area contributed by atoms with E-state index in [1.807, 2.05) is 24.3 Å². The van der Waals surface area contributed by atoms with Crippen LogP contribution in [0.25, 0.3) is 11.1 Å². The summed E-state index contributed by atoms with van der Waals surface area (Å²) in [6.07, 6.45) is 2.06. The van der Waals surface area contributed by atoms with Crippen molar-refractivity contribution < 1.29 is 5.11 Å². The molecule has 76 valence electrons. The number of aromatic hydroxyl groups is 1. The van der Waals surface area contributed by atoms with E-state index in [0.29, 0.717) is 5.75 Å². The van der Waals surface area contributed by atoms with Gasteiger partial charge in [-0.3, -0.25) is 0 Å². The molecular weight excluding hydrogens is 204 g/mol. The summed E-state index contributed by atoms with van der Waals surface area (Å²) in [7, 11) is 0. The van der Waals surface area contributed by atoms with Gasteiger partial charge in [0.25, 0.3) is 0 Å². The number of phenols is 1. The molecule has 0 aliphatic heterocycles. The molecule has 0 aliphatic rings. The van der Waals surface area contributed by atoms with Gasteiger partial charge in [0.2, 0.25) is 0 Å². The van der Waals surface area contributed by atoms with Crippen molar-refractivity contribution >= 4 is 11.8 Å². The molecule has 0 amide bonds. The molecular formula is C13H12OS. The summed E-state index contributed by atoms with van der Waals surface area (Å²) in [5.41, 5.74) is 2.22. The quantitative estimate of drug-likeness (QED) is 0.771. The zero-order chi connectivity index (χ0) is 10.7. The number of rotatable bonds is 2. The van der Waals surface area contributed by atoms with Crippen LogP contribution in [0.15, 0.2) is 53.4 Å². The second-order valence-corrected chi connectivity index (χ2v) is 4.10. The first-order valence-electron chi connectivity index (χ1n) is 4.73. The van der Waals surface area contributed by atoms with E-state index in [4.69, 9.17) is 0 Å². The van der Waals surface area contributed by atoms with Crippen LogP contribution in [0.4, 0.5) is 0 Å². The van der Waals surface area contributed by atoms with Crippen LogP contribution in [0.1, 0.15) is 0 Å². The van der Waals surface area contributed by atoms with E-state index in [0.717, 1.165) is 5.56 Å². The van der Waals surface area contributed by atoms with E-state index in [1.54, 1.807) is 23.9 Å². The van der Waals surface area contributed by atoms with Crippen molar-refractivity contribution in [2.75, 3.05) is 6.26 Å². The summed E-state index contributed by atoms with van der Waals surface area (Å²) < 4.78 is 0.